The van der Waals surface area contributed by atoms with Gasteiger partial charge in [-0.3, -0.25) is 0 Å². The molecule has 0 heterocycles. The zero-order chi connectivity index (χ0) is 11.6. The van der Waals surface area contributed by atoms with Crippen LogP contribution in [0.4, 0.5) is 5.69 Å². The Hall–Kier alpha value is -1.44. The van der Waals surface area contributed by atoms with Crippen molar-refractivity contribution in [2.45, 2.75) is 11.8 Å². The number of hydrogen-bond donors (Lipinski definition) is 2. The summed E-state index contributed by atoms with van der Waals surface area (Å²) in [6.07, 6.45) is 0. The van der Waals surface area contributed by atoms with E-state index >= 15 is 0 Å². The van der Waals surface area contributed by atoms with Crippen molar-refractivity contribution in [3.05, 3.63) is 29.5 Å². The number of rotatable bonds is 2. The third-order valence-corrected chi connectivity index (χ3v) is 3.39. The molecule has 0 aromatic heterocycles. The number of anilines is 1. The van der Waals surface area contributed by atoms with Crippen molar-refractivity contribution >= 4 is 21.6 Å². The zero-order valence-corrected chi connectivity index (χ0v) is 8.74. The summed E-state index contributed by atoms with van der Waals surface area (Å²) in [6, 6.07) is 5.07. The molecule has 1 atom stereocenters. The Kier molecular flexibility index (Phi) is 3.08. The first-order valence-corrected chi connectivity index (χ1v) is 5.49. The second-order valence-electron chi connectivity index (χ2n) is 2.92. The number of carbonyl (C=O) groups excluding carboxylic acids is 1. The van der Waals surface area contributed by atoms with E-state index in [4.69, 9.17) is 5.73 Å². The van der Waals surface area contributed by atoms with E-state index in [1.807, 2.05) is 0 Å². The van der Waals surface area contributed by atoms with Crippen LogP contribution in [-0.2, 0) is 14.8 Å². The lowest BCUT2D eigenvalue weighted by Crippen LogP contribution is -3.11. The average Bonchev–Trinajstić information content (AvgIpc) is 2.17. The van der Waals surface area contributed by atoms with Gasteiger partial charge in [0.25, 0.3) is 0 Å². The van der Waals surface area contributed by atoms with E-state index in [2.05, 4.69) is 0 Å². The SMILES string of the molecule is CC(=O)[NH+]([O-])S(=O)(=O)c1ccc(N)cc1. The van der Waals surface area contributed by atoms with Crippen LogP contribution in [0.1, 0.15) is 6.92 Å². The van der Waals surface area contributed by atoms with Crippen molar-refractivity contribution in [3.8, 4) is 0 Å². The fourth-order valence-electron chi connectivity index (χ4n) is 0.943. The monoisotopic (exact) mass is 230 g/mol. The van der Waals surface area contributed by atoms with Crippen LogP contribution in [0.15, 0.2) is 29.2 Å². The van der Waals surface area contributed by atoms with Gasteiger partial charge < -0.3 is 10.9 Å². The highest BCUT2D eigenvalue weighted by Gasteiger charge is 2.25. The highest BCUT2D eigenvalue weighted by Crippen LogP contribution is 2.09. The molecule has 0 saturated heterocycles. The van der Waals surface area contributed by atoms with Gasteiger partial charge >= 0.3 is 15.9 Å². The van der Waals surface area contributed by atoms with E-state index in [-0.39, 0.29) is 4.90 Å². The molecule has 1 aromatic carbocycles. The van der Waals surface area contributed by atoms with Crippen LogP contribution in [0.25, 0.3) is 0 Å². The molecule has 6 nitrogen and oxygen atoms in total. The first-order chi connectivity index (χ1) is 6.85. The van der Waals surface area contributed by atoms with Gasteiger partial charge in [-0.2, -0.15) is 12.9 Å². The van der Waals surface area contributed by atoms with E-state index < -0.39 is 20.4 Å². The van der Waals surface area contributed by atoms with Crippen LogP contribution in [0.3, 0.4) is 0 Å². The molecule has 15 heavy (non-hydrogen) atoms. The van der Waals surface area contributed by atoms with Gasteiger partial charge in [0.2, 0.25) is 0 Å². The van der Waals surface area contributed by atoms with Crippen molar-refractivity contribution in [1.29, 1.82) is 0 Å². The lowest BCUT2D eigenvalue weighted by molar-refractivity contribution is -0.617. The highest BCUT2D eigenvalue weighted by molar-refractivity contribution is 7.85. The van der Waals surface area contributed by atoms with Gasteiger partial charge in [-0.05, 0) is 24.3 Å². The minimum Gasteiger partial charge on any atom is -0.610 e. The molecular formula is C8H10N2O4S. The molecule has 1 rings (SSSR count). The lowest BCUT2D eigenvalue weighted by atomic mass is 10.3. The maximum atomic E-state index is 11.5. The minimum atomic E-state index is -4.20. The Bertz CT molecular complexity index is 466. The number of amides is 1. The van der Waals surface area contributed by atoms with Crippen molar-refractivity contribution in [3.63, 3.8) is 0 Å². The molecule has 0 aliphatic rings. The van der Waals surface area contributed by atoms with Crippen LogP contribution in [0, 0.1) is 5.21 Å². The van der Waals surface area contributed by atoms with Crippen LogP contribution >= 0.6 is 0 Å². The molecule has 7 heteroatoms. The summed E-state index contributed by atoms with van der Waals surface area (Å²) in [5.41, 5.74) is 5.74. The van der Waals surface area contributed by atoms with Crippen molar-refractivity contribution in [2.24, 2.45) is 0 Å². The number of nitrogens with two attached hydrogens (primary N) is 1. The summed E-state index contributed by atoms with van der Waals surface area (Å²) >= 11 is 0. The maximum absolute atomic E-state index is 11.5. The smallest absolute Gasteiger partial charge is 0.332 e. The molecule has 0 bridgehead atoms. The second-order valence-corrected chi connectivity index (χ2v) is 4.77. The summed E-state index contributed by atoms with van der Waals surface area (Å²) in [4.78, 5) is 10.5. The first-order valence-electron chi connectivity index (χ1n) is 4.01. The standard InChI is InChI=1S/C8H10N2O4S/c1-6(11)10(12)15(13,14)8-4-2-7(9)3-5-8/h2-5,10H,9H2,1H3. The number of carbonyl (C=O) groups is 1. The molecule has 1 unspecified atom stereocenters. The summed E-state index contributed by atoms with van der Waals surface area (Å²) in [5.74, 6) is -1.01. The molecule has 0 aliphatic heterocycles. The topological polar surface area (TPSA) is 105 Å². The van der Waals surface area contributed by atoms with Gasteiger partial charge in [0, 0.05) is 5.69 Å². The molecule has 0 radical (unpaired) electrons. The Morgan fingerprint density at radius 3 is 2.20 bits per heavy atom. The molecule has 82 valence electrons. The summed E-state index contributed by atoms with van der Waals surface area (Å²) in [6.45, 7) is 0.914. The van der Waals surface area contributed by atoms with E-state index in [1.54, 1.807) is 0 Å². The van der Waals surface area contributed by atoms with E-state index in [9.17, 15) is 18.4 Å². The molecule has 0 saturated carbocycles. The number of nitrogens with one attached hydrogen (secondary N) is 1. The predicted octanol–water partition coefficient (Wildman–Crippen LogP) is -1.11. The summed E-state index contributed by atoms with van der Waals surface area (Å²) in [7, 11) is -4.20. The fraction of sp³-hybridized carbons (Fsp3) is 0.125. The Morgan fingerprint density at radius 2 is 1.80 bits per heavy atom. The largest absolute Gasteiger partial charge is 0.610 e. The third kappa shape index (κ3) is 2.32. The molecule has 1 aromatic rings. The van der Waals surface area contributed by atoms with Gasteiger partial charge in [0.1, 0.15) is 4.90 Å². The highest BCUT2D eigenvalue weighted by atomic mass is 32.2. The average molecular weight is 230 g/mol. The van der Waals surface area contributed by atoms with E-state index in [1.165, 1.54) is 24.3 Å². The number of nitrogen functional groups attached to an aromatic ring is 1. The number of hydroxylamine groups is 1. The maximum Gasteiger partial charge on any atom is 0.332 e. The molecule has 0 fully saturated rings. The number of benzene rings is 1. The number of quaternary nitrogens is 1. The first kappa shape index (κ1) is 11.6. The molecule has 3 N–H and O–H groups in total. The van der Waals surface area contributed by atoms with Crippen LogP contribution in [0.5, 0.6) is 0 Å². The van der Waals surface area contributed by atoms with Gasteiger partial charge in [-0.25, -0.2) is 4.79 Å². The van der Waals surface area contributed by atoms with Crippen molar-refractivity contribution in [1.82, 2.24) is 0 Å². The van der Waals surface area contributed by atoms with Crippen LogP contribution in [0.2, 0.25) is 0 Å². The van der Waals surface area contributed by atoms with Gasteiger partial charge in [0.15, 0.2) is 0 Å². The Morgan fingerprint density at radius 1 is 1.33 bits per heavy atom. The third-order valence-electron chi connectivity index (χ3n) is 1.72. The molecule has 1 amide bonds. The molecule has 0 spiro atoms. The lowest BCUT2D eigenvalue weighted by Gasteiger charge is -2.16. The zero-order valence-electron chi connectivity index (χ0n) is 7.93. The quantitative estimate of drug-likeness (QED) is 0.495. The van der Waals surface area contributed by atoms with Crippen molar-refractivity contribution in [2.75, 3.05) is 5.73 Å². The fourth-order valence-corrected chi connectivity index (χ4v) is 2.03. The Balaban J connectivity index is 3.17. The Labute approximate surface area is 86.9 Å². The summed E-state index contributed by atoms with van der Waals surface area (Å²) < 4.78 is 21.5. The normalized spacial score (nSPS) is 13.5. The second kappa shape index (κ2) is 3.97. The van der Waals surface area contributed by atoms with E-state index in [0.29, 0.717) is 5.69 Å². The summed E-state index contributed by atoms with van der Waals surface area (Å²) in [5, 5.41) is 11.1. The van der Waals surface area contributed by atoms with E-state index in [0.717, 1.165) is 6.92 Å². The molecule has 0 aliphatic carbocycles. The van der Waals surface area contributed by atoms with Crippen LogP contribution < -0.4 is 10.2 Å². The van der Waals surface area contributed by atoms with Gasteiger partial charge in [-0.15, -0.1) is 0 Å². The predicted molar refractivity (Wildman–Crippen MR) is 53.1 cm³/mol. The molecular weight excluding hydrogens is 220 g/mol. The number of sulfonamides is 1. The van der Waals surface area contributed by atoms with Gasteiger partial charge in [-0.1, -0.05) is 0 Å². The van der Waals surface area contributed by atoms with Gasteiger partial charge in [0.05, 0.1) is 6.92 Å². The minimum absolute atomic E-state index is 0.225. The number of hydrogen-bond acceptors (Lipinski definition) is 5. The van der Waals surface area contributed by atoms with Crippen molar-refractivity contribution < 1.29 is 17.7 Å². The van der Waals surface area contributed by atoms with Crippen LogP contribution in [-0.4, -0.2) is 14.3 Å².